The predicted molar refractivity (Wildman–Crippen MR) is 49.9 cm³/mol. The molecule has 0 aromatic carbocycles. The van der Waals surface area contributed by atoms with Crippen LogP contribution in [0.4, 0.5) is 0 Å². The van der Waals surface area contributed by atoms with Gasteiger partial charge in [0.15, 0.2) is 0 Å². The number of rotatable bonds is 4. The van der Waals surface area contributed by atoms with Gasteiger partial charge in [0, 0.05) is 24.6 Å². The lowest BCUT2D eigenvalue weighted by Crippen LogP contribution is -2.06. The summed E-state index contributed by atoms with van der Waals surface area (Å²) in [6.45, 7) is 1.54. The summed E-state index contributed by atoms with van der Waals surface area (Å²) in [7, 11) is 0. The van der Waals surface area contributed by atoms with Crippen LogP contribution in [0.15, 0.2) is 0 Å². The van der Waals surface area contributed by atoms with E-state index in [0.717, 1.165) is 24.6 Å². The van der Waals surface area contributed by atoms with E-state index in [1.54, 1.807) is 11.8 Å². The molecule has 0 atom stereocenters. The standard InChI is InChI=1S/C4H12N2S.2ClH/c5-1-3-7-4-2-6;;/h1-6H2;2*1H. The Bertz CT molecular complexity index is 35.7. The SMILES string of the molecule is Cl.Cl.NCCSCCN. The van der Waals surface area contributed by atoms with Gasteiger partial charge < -0.3 is 11.5 Å². The van der Waals surface area contributed by atoms with Gasteiger partial charge in [-0.3, -0.25) is 0 Å². The van der Waals surface area contributed by atoms with Crippen LogP contribution in [0.2, 0.25) is 0 Å². The minimum absolute atomic E-state index is 0. The topological polar surface area (TPSA) is 52.0 Å². The fourth-order valence-electron chi connectivity index (χ4n) is 0.269. The molecule has 0 saturated carbocycles. The fraction of sp³-hybridized carbons (Fsp3) is 1.00. The highest BCUT2D eigenvalue weighted by Gasteiger charge is 1.79. The van der Waals surface area contributed by atoms with Crippen LogP contribution in [0.25, 0.3) is 0 Å². The van der Waals surface area contributed by atoms with Crippen LogP contribution < -0.4 is 11.5 Å². The molecule has 0 aromatic rings. The lowest BCUT2D eigenvalue weighted by atomic mass is 10.8. The summed E-state index contributed by atoms with van der Waals surface area (Å²) in [6.07, 6.45) is 0. The molecule has 0 radical (unpaired) electrons. The second kappa shape index (κ2) is 15.9. The second-order valence-corrected chi connectivity index (χ2v) is 2.41. The zero-order valence-corrected chi connectivity index (χ0v) is 7.66. The molecule has 0 rings (SSSR count). The van der Waals surface area contributed by atoms with Crippen LogP contribution in [0.1, 0.15) is 0 Å². The molecule has 0 fully saturated rings. The van der Waals surface area contributed by atoms with E-state index in [1.165, 1.54) is 0 Å². The molecule has 0 spiro atoms. The lowest BCUT2D eigenvalue weighted by Gasteiger charge is -1.91. The highest BCUT2D eigenvalue weighted by atomic mass is 35.5. The van der Waals surface area contributed by atoms with Gasteiger partial charge in [-0.05, 0) is 0 Å². The Morgan fingerprint density at radius 3 is 1.44 bits per heavy atom. The Morgan fingerprint density at radius 1 is 0.889 bits per heavy atom. The molecule has 0 aromatic heterocycles. The van der Waals surface area contributed by atoms with E-state index >= 15 is 0 Å². The van der Waals surface area contributed by atoms with Gasteiger partial charge in [-0.25, -0.2) is 0 Å². The first-order valence-electron chi connectivity index (χ1n) is 2.39. The van der Waals surface area contributed by atoms with E-state index in [9.17, 15) is 0 Å². The van der Waals surface area contributed by atoms with Crippen molar-refractivity contribution in [1.82, 2.24) is 0 Å². The maximum Gasteiger partial charge on any atom is 0.00563 e. The van der Waals surface area contributed by atoms with E-state index < -0.39 is 0 Å². The van der Waals surface area contributed by atoms with Gasteiger partial charge in [0.05, 0.1) is 0 Å². The molecule has 0 aliphatic carbocycles. The van der Waals surface area contributed by atoms with Crippen molar-refractivity contribution in [2.45, 2.75) is 0 Å². The number of nitrogens with two attached hydrogens (primary N) is 2. The molecule has 0 aliphatic rings. The summed E-state index contributed by atoms with van der Waals surface area (Å²) >= 11 is 1.80. The number of halogens is 2. The van der Waals surface area contributed by atoms with Crippen LogP contribution in [0.5, 0.6) is 0 Å². The van der Waals surface area contributed by atoms with Gasteiger partial charge in [-0.2, -0.15) is 11.8 Å². The van der Waals surface area contributed by atoms with Crippen LogP contribution in [-0.4, -0.2) is 24.6 Å². The molecule has 0 heterocycles. The average Bonchev–Trinajstić information content (AvgIpc) is 1.69. The van der Waals surface area contributed by atoms with E-state index in [0.29, 0.717) is 0 Å². The molecule has 60 valence electrons. The summed E-state index contributed by atoms with van der Waals surface area (Å²) in [5, 5.41) is 0. The Labute approximate surface area is 72.9 Å². The third kappa shape index (κ3) is 17.7. The molecule has 9 heavy (non-hydrogen) atoms. The van der Waals surface area contributed by atoms with Crippen molar-refractivity contribution >= 4 is 36.6 Å². The molecule has 2 nitrogen and oxygen atoms in total. The zero-order chi connectivity index (χ0) is 5.54. The molecular formula is C4H14Cl2N2S. The van der Waals surface area contributed by atoms with Gasteiger partial charge in [-0.15, -0.1) is 24.8 Å². The minimum atomic E-state index is 0. The third-order valence-electron chi connectivity index (χ3n) is 0.524. The molecule has 4 N–H and O–H groups in total. The van der Waals surface area contributed by atoms with Crippen molar-refractivity contribution in [2.75, 3.05) is 24.6 Å². The summed E-state index contributed by atoms with van der Waals surface area (Å²) in [6, 6.07) is 0. The number of hydrogen-bond donors (Lipinski definition) is 2. The lowest BCUT2D eigenvalue weighted by molar-refractivity contribution is 1.12. The average molecular weight is 193 g/mol. The number of hydrogen-bond acceptors (Lipinski definition) is 3. The molecule has 0 amide bonds. The van der Waals surface area contributed by atoms with Gasteiger partial charge >= 0.3 is 0 Å². The van der Waals surface area contributed by atoms with Crippen LogP contribution in [0, 0.1) is 0 Å². The third-order valence-corrected chi connectivity index (χ3v) is 1.57. The maximum atomic E-state index is 5.21. The maximum absolute atomic E-state index is 5.21. The van der Waals surface area contributed by atoms with Gasteiger partial charge in [-0.1, -0.05) is 0 Å². The Balaban J connectivity index is -0.000000180. The fourth-order valence-corrected chi connectivity index (χ4v) is 0.806. The summed E-state index contributed by atoms with van der Waals surface area (Å²) in [5.41, 5.74) is 10.4. The molecular weight excluding hydrogens is 179 g/mol. The molecule has 5 heteroatoms. The molecule has 0 bridgehead atoms. The number of thioether (sulfide) groups is 1. The Kier molecular flexibility index (Phi) is 29.1. The highest BCUT2D eigenvalue weighted by Crippen LogP contribution is 1.93. The molecule has 0 saturated heterocycles. The largest absolute Gasteiger partial charge is 0.330 e. The van der Waals surface area contributed by atoms with Crippen molar-refractivity contribution in [3.05, 3.63) is 0 Å². The van der Waals surface area contributed by atoms with Crippen LogP contribution in [-0.2, 0) is 0 Å². The first-order valence-corrected chi connectivity index (χ1v) is 3.55. The summed E-state index contributed by atoms with van der Waals surface area (Å²) in [5.74, 6) is 2.08. The molecule has 0 aliphatic heterocycles. The smallest absolute Gasteiger partial charge is 0.00563 e. The van der Waals surface area contributed by atoms with Crippen molar-refractivity contribution in [3.8, 4) is 0 Å². The second-order valence-electron chi connectivity index (χ2n) is 1.19. The van der Waals surface area contributed by atoms with Crippen molar-refractivity contribution < 1.29 is 0 Å². The van der Waals surface area contributed by atoms with Crippen molar-refractivity contribution in [3.63, 3.8) is 0 Å². The monoisotopic (exact) mass is 192 g/mol. The van der Waals surface area contributed by atoms with E-state index in [-0.39, 0.29) is 24.8 Å². The first kappa shape index (κ1) is 16.4. The normalized spacial score (nSPS) is 7.33. The summed E-state index contributed by atoms with van der Waals surface area (Å²) in [4.78, 5) is 0. The van der Waals surface area contributed by atoms with E-state index in [4.69, 9.17) is 11.5 Å². The van der Waals surface area contributed by atoms with Crippen molar-refractivity contribution in [2.24, 2.45) is 11.5 Å². The van der Waals surface area contributed by atoms with Crippen LogP contribution in [0.3, 0.4) is 0 Å². The van der Waals surface area contributed by atoms with Crippen molar-refractivity contribution in [1.29, 1.82) is 0 Å². The zero-order valence-electron chi connectivity index (χ0n) is 5.21. The van der Waals surface area contributed by atoms with Crippen LogP contribution >= 0.6 is 36.6 Å². The van der Waals surface area contributed by atoms with E-state index in [2.05, 4.69) is 0 Å². The summed E-state index contributed by atoms with van der Waals surface area (Å²) < 4.78 is 0. The van der Waals surface area contributed by atoms with Gasteiger partial charge in [0.2, 0.25) is 0 Å². The highest BCUT2D eigenvalue weighted by molar-refractivity contribution is 7.99. The quantitative estimate of drug-likeness (QED) is 0.638. The van der Waals surface area contributed by atoms with Gasteiger partial charge in [0.1, 0.15) is 0 Å². The molecule has 0 unspecified atom stereocenters. The Morgan fingerprint density at radius 2 is 1.22 bits per heavy atom. The van der Waals surface area contributed by atoms with Gasteiger partial charge in [0.25, 0.3) is 0 Å². The van der Waals surface area contributed by atoms with E-state index in [1.807, 2.05) is 0 Å². The Hall–Kier alpha value is 0.850. The predicted octanol–water partition coefficient (Wildman–Crippen LogP) is 0.481. The first-order chi connectivity index (χ1) is 3.41. The minimum Gasteiger partial charge on any atom is -0.330 e.